The molecule has 3 aromatic rings. The van der Waals surface area contributed by atoms with Crippen LogP contribution < -0.4 is 15.4 Å². The van der Waals surface area contributed by atoms with Crippen molar-refractivity contribution in [2.45, 2.75) is 31.8 Å². The Bertz CT molecular complexity index is 1180. The maximum atomic E-state index is 13.6. The largest absolute Gasteiger partial charge is 0.497 e. The SMILES string of the molecule is COC(=O)C(C)(NC(=O)C(Cc1ccccc1)NC(=O)c1ccccc1C)c1ccc(OC)cc1. The number of esters is 1. The van der Waals surface area contributed by atoms with Crippen LogP contribution >= 0.6 is 0 Å². The van der Waals surface area contributed by atoms with Crippen molar-refractivity contribution in [3.63, 3.8) is 0 Å². The topological polar surface area (TPSA) is 93.7 Å². The molecule has 0 fully saturated rings. The van der Waals surface area contributed by atoms with Crippen molar-refractivity contribution in [3.8, 4) is 5.75 Å². The van der Waals surface area contributed by atoms with Crippen LogP contribution in [0.3, 0.4) is 0 Å². The summed E-state index contributed by atoms with van der Waals surface area (Å²) in [5.74, 6) is -0.914. The van der Waals surface area contributed by atoms with Crippen LogP contribution in [0.1, 0.15) is 34.0 Å². The molecule has 0 aliphatic rings. The number of carbonyl (C=O) groups is 3. The molecule has 3 aromatic carbocycles. The normalized spacial score (nSPS) is 13.1. The van der Waals surface area contributed by atoms with Crippen molar-refractivity contribution in [1.29, 1.82) is 0 Å². The van der Waals surface area contributed by atoms with Gasteiger partial charge in [-0.05, 0) is 48.7 Å². The maximum Gasteiger partial charge on any atom is 0.336 e. The van der Waals surface area contributed by atoms with Gasteiger partial charge >= 0.3 is 5.97 Å². The van der Waals surface area contributed by atoms with E-state index in [2.05, 4.69) is 10.6 Å². The van der Waals surface area contributed by atoms with E-state index in [9.17, 15) is 14.4 Å². The average molecular weight is 475 g/mol. The smallest absolute Gasteiger partial charge is 0.336 e. The number of aryl methyl sites for hydroxylation is 1. The number of ether oxygens (including phenoxy) is 2. The van der Waals surface area contributed by atoms with Crippen LogP contribution in [-0.4, -0.2) is 38.0 Å². The van der Waals surface area contributed by atoms with Crippen molar-refractivity contribution in [2.75, 3.05) is 14.2 Å². The van der Waals surface area contributed by atoms with Gasteiger partial charge in [-0.2, -0.15) is 0 Å². The Labute approximate surface area is 205 Å². The lowest BCUT2D eigenvalue weighted by atomic mass is 9.91. The second-order valence-corrected chi connectivity index (χ2v) is 8.37. The molecule has 2 amide bonds. The Hall–Kier alpha value is -4.13. The highest BCUT2D eigenvalue weighted by atomic mass is 16.5. The molecule has 0 aliphatic carbocycles. The van der Waals surface area contributed by atoms with Crippen molar-refractivity contribution in [1.82, 2.24) is 10.6 Å². The molecule has 0 spiro atoms. The maximum absolute atomic E-state index is 13.6. The molecule has 2 atom stereocenters. The second-order valence-electron chi connectivity index (χ2n) is 8.37. The highest BCUT2D eigenvalue weighted by Crippen LogP contribution is 2.25. The molecule has 0 saturated carbocycles. The molecule has 2 N–H and O–H groups in total. The van der Waals surface area contributed by atoms with E-state index in [4.69, 9.17) is 9.47 Å². The average Bonchev–Trinajstić information content (AvgIpc) is 2.88. The Morgan fingerprint density at radius 3 is 2.11 bits per heavy atom. The van der Waals surface area contributed by atoms with Crippen molar-refractivity contribution < 1.29 is 23.9 Å². The summed E-state index contributed by atoms with van der Waals surface area (Å²) in [5, 5.41) is 5.67. The number of amides is 2. The van der Waals surface area contributed by atoms with Crippen LogP contribution in [-0.2, 0) is 26.3 Å². The predicted octanol–water partition coefficient (Wildman–Crippen LogP) is 3.55. The van der Waals surface area contributed by atoms with E-state index in [0.29, 0.717) is 16.9 Å². The van der Waals surface area contributed by atoms with E-state index in [1.807, 2.05) is 49.4 Å². The van der Waals surface area contributed by atoms with Crippen LogP contribution in [0.15, 0.2) is 78.9 Å². The van der Waals surface area contributed by atoms with E-state index < -0.39 is 23.5 Å². The first-order valence-corrected chi connectivity index (χ1v) is 11.2. The Morgan fingerprint density at radius 1 is 0.886 bits per heavy atom. The predicted molar refractivity (Wildman–Crippen MR) is 133 cm³/mol. The molecule has 7 heteroatoms. The molecule has 0 aromatic heterocycles. The minimum atomic E-state index is -1.49. The third-order valence-corrected chi connectivity index (χ3v) is 5.93. The number of carbonyl (C=O) groups excluding carboxylic acids is 3. The quantitative estimate of drug-likeness (QED) is 0.463. The van der Waals surface area contributed by atoms with Gasteiger partial charge in [0.1, 0.15) is 11.8 Å². The van der Waals surface area contributed by atoms with E-state index in [1.54, 1.807) is 50.4 Å². The molecular weight excluding hydrogens is 444 g/mol. The van der Waals surface area contributed by atoms with E-state index >= 15 is 0 Å². The lowest BCUT2D eigenvalue weighted by Crippen LogP contribution is -2.57. The van der Waals surface area contributed by atoms with Gasteiger partial charge in [0.25, 0.3) is 5.91 Å². The number of benzene rings is 3. The zero-order valence-electron chi connectivity index (χ0n) is 20.3. The summed E-state index contributed by atoms with van der Waals surface area (Å²) < 4.78 is 10.2. The first-order chi connectivity index (χ1) is 16.8. The van der Waals surface area contributed by atoms with Gasteiger partial charge in [0.05, 0.1) is 14.2 Å². The molecule has 35 heavy (non-hydrogen) atoms. The van der Waals surface area contributed by atoms with Crippen LogP contribution in [0.5, 0.6) is 5.75 Å². The minimum Gasteiger partial charge on any atom is -0.497 e. The van der Waals surface area contributed by atoms with Crippen molar-refractivity contribution in [2.24, 2.45) is 0 Å². The van der Waals surface area contributed by atoms with Gasteiger partial charge in [-0.1, -0.05) is 60.7 Å². The van der Waals surface area contributed by atoms with Crippen molar-refractivity contribution in [3.05, 3.63) is 101 Å². The van der Waals surface area contributed by atoms with Crippen LogP contribution in [0.25, 0.3) is 0 Å². The highest BCUT2D eigenvalue weighted by molar-refractivity contribution is 5.99. The number of rotatable bonds is 9. The summed E-state index contributed by atoms with van der Waals surface area (Å²) in [6.45, 7) is 3.40. The number of nitrogens with one attached hydrogen (secondary N) is 2. The molecule has 182 valence electrons. The Morgan fingerprint density at radius 2 is 1.51 bits per heavy atom. The molecule has 7 nitrogen and oxygen atoms in total. The molecule has 3 rings (SSSR count). The third kappa shape index (κ3) is 6.06. The van der Waals surface area contributed by atoms with E-state index in [1.165, 1.54) is 7.11 Å². The summed E-state index contributed by atoms with van der Waals surface area (Å²) in [6.07, 6.45) is 0.240. The number of methoxy groups -OCH3 is 2. The van der Waals surface area contributed by atoms with E-state index in [0.717, 1.165) is 11.1 Å². The van der Waals surface area contributed by atoms with Crippen LogP contribution in [0.2, 0.25) is 0 Å². The lowest BCUT2D eigenvalue weighted by Gasteiger charge is -2.31. The summed E-state index contributed by atoms with van der Waals surface area (Å²) in [4.78, 5) is 39.5. The highest BCUT2D eigenvalue weighted by Gasteiger charge is 2.40. The fourth-order valence-corrected chi connectivity index (χ4v) is 3.83. The minimum absolute atomic E-state index is 0.240. The zero-order valence-corrected chi connectivity index (χ0v) is 20.3. The summed E-state index contributed by atoms with van der Waals surface area (Å²) in [7, 11) is 2.80. The second kappa shape index (κ2) is 11.3. The van der Waals surface area contributed by atoms with Gasteiger partial charge in [-0.25, -0.2) is 4.79 Å². The molecule has 0 saturated heterocycles. The first kappa shape index (κ1) is 25.5. The molecule has 0 aliphatic heterocycles. The van der Waals surface area contributed by atoms with Crippen molar-refractivity contribution >= 4 is 17.8 Å². The van der Waals surface area contributed by atoms with E-state index in [-0.39, 0.29) is 12.3 Å². The zero-order chi connectivity index (χ0) is 25.4. The summed E-state index contributed by atoms with van der Waals surface area (Å²) in [5.41, 5.74) is 1.16. The lowest BCUT2D eigenvalue weighted by molar-refractivity contribution is -0.151. The first-order valence-electron chi connectivity index (χ1n) is 11.2. The van der Waals surface area contributed by atoms with Gasteiger partial charge in [-0.15, -0.1) is 0 Å². The number of hydrogen-bond acceptors (Lipinski definition) is 5. The number of hydrogen-bond donors (Lipinski definition) is 2. The summed E-state index contributed by atoms with van der Waals surface area (Å²) >= 11 is 0. The van der Waals surface area contributed by atoms with Crippen LogP contribution in [0, 0.1) is 6.92 Å². The van der Waals surface area contributed by atoms with Gasteiger partial charge < -0.3 is 20.1 Å². The van der Waals surface area contributed by atoms with Gasteiger partial charge in [0.2, 0.25) is 5.91 Å². The molecule has 0 heterocycles. The standard InChI is InChI=1S/C28H30N2O5/c1-19-10-8-9-13-23(19)25(31)29-24(18-20-11-6-5-7-12-20)26(32)30-28(2,27(33)35-4)21-14-16-22(34-3)17-15-21/h5-17,24H,18H2,1-4H3,(H,29,31)(H,30,32). The molecule has 0 radical (unpaired) electrons. The third-order valence-electron chi connectivity index (χ3n) is 5.93. The Balaban J connectivity index is 1.92. The van der Waals surface area contributed by atoms with Gasteiger partial charge in [-0.3, -0.25) is 9.59 Å². The van der Waals surface area contributed by atoms with Gasteiger partial charge in [0, 0.05) is 12.0 Å². The molecular formula is C28H30N2O5. The molecule has 2 unspecified atom stereocenters. The fourth-order valence-electron chi connectivity index (χ4n) is 3.83. The summed E-state index contributed by atoms with van der Waals surface area (Å²) in [6, 6.07) is 22.4. The Kier molecular flexibility index (Phi) is 8.25. The molecule has 0 bridgehead atoms. The fraction of sp³-hybridized carbons (Fsp3) is 0.250. The monoisotopic (exact) mass is 474 g/mol. The van der Waals surface area contributed by atoms with Crippen LogP contribution in [0.4, 0.5) is 0 Å². The van der Waals surface area contributed by atoms with Gasteiger partial charge in [0.15, 0.2) is 5.54 Å².